The van der Waals surface area contributed by atoms with Crippen molar-refractivity contribution in [2.24, 2.45) is 0 Å². The topological polar surface area (TPSA) is 38.7 Å². The average molecular weight is 750 g/mol. The molecule has 11 aromatic rings. The second-order valence-electron chi connectivity index (χ2n) is 14.0. The first-order valence-electron chi connectivity index (χ1n) is 18.7. The van der Waals surface area contributed by atoms with Crippen LogP contribution < -0.4 is 0 Å². The van der Waals surface area contributed by atoms with Gasteiger partial charge in [0.25, 0.3) is 0 Å². The first kappa shape index (κ1) is 32.6. The van der Waals surface area contributed by atoms with Gasteiger partial charge in [-0.05, 0) is 69.8 Å². The van der Waals surface area contributed by atoms with Crippen molar-refractivity contribution in [3.8, 4) is 67.5 Å². The second kappa shape index (κ2) is 13.5. The van der Waals surface area contributed by atoms with E-state index in [-0.39, 0.29) is 0 Å². The lowest BCUT2D eigenvalue weighted by Crippen LogP contribution is -2.00. The van der Waals surface area contributed by atoms with Gasteiger partial charge in [0.05, 0.1) is 0 Å². The maximum atomic E-state index is 5.21. The zero-order valence-corrected chi connectivity index (χ0v) is 31.7. The second-order valence-corrected chi connectivity index (χ2v) is 16.2. The summed E-state index contributed by atoms with van der Waals surface area (Å²) >= 11 is 3.65. The van der Waals surface area contributed by atoms with Crippen molar-refractivity contribution >= 4 is 63.0 Å². The minimum absolute atomic E-state index is 0.649. The van der Waals surface area contributed by atoms with E-state index in [1.807, 2.05) is 29.5 Å². The van der Waals surface area contributed by atoms with E-state index in [0.29, 0.717) is 17.5 Å². The van der Waals surface area contributed by atoms with Gasteiger partial charge in [-0.25, -0.2) is 15.0 Å². The van der Waals surface area contributed by atoms with Crippen LogP contribution in [0.1, 0.15) is 0 Å². The molecule has 0 saturated heterocycles. The SMILES string of the molecule is c1ccc(-c2ccc(-c3ccc4sc5cccc(-c6nc(-c7ccccc7)nc(-c7ccc(-c8ccc9sc%10ccccc%10c9c8)cc7)n6)c5c4c3)cc2)cc1. The third kappa shape index (κ3) is 5.77. The summed E-state index contributed by atoms with van der Waals surface area (Å²) in [6.07, 6.45) is 0. The van der Waals surface area contributed by atoms with Gasteiger partial charge in [0.15, 0.2) is 17.5 Å². The van der Waals surface area contributed by atoms with Crippen LogP contribution >= 0.6 is 22.7 Å². The van der Waals surface area contributed by atoms with Crippen molar-refractivity contribution in [2.75, 3.05) is 0 Å². The Labute approximate surface area is 331 Å². The highest BCUT2D eigenvalue weighted by atomic mass is 32.1. The molecule has 56 heavy (non-hydrogen) atoms. The standard InChI is InChI=1S/C51H31N3S2/c1-3-10-32(11-4-1)33-18-20-34(21-19-33)39-27-29-46-43(31-39)48-41(15-9-17-47(48)56-46)51-53-49(36-12-5-2-6-13-36)52-50(54-51)37-24-22-35(23-25-37)38-26-28-45-42(30-38)40-14-7-8-16-44(40)55-45/h1-31H. The number of hydrogen-bond acceptors (Lipinski definition) is 5. The molecule has 0 fully saturated rings. The molecule has 3 heterocycles. The molecule has 0 aliphatic heterocycles. The number of rotatable bonds is 6. The van der Waals surface area contributed by atoms with Gasteiger partial charge in [0.1, 0.15) is 0 Å². The van der Waals surface area contributed by atoms with Crippen LogP contribution in [0, 0.1) is 0 Å². The number of nitrogens with zero attached hydrogens (tertiary/aromatic N) is 3. The van der Waals surface area contributed by atoms with Crippen LogP contribution in [0.25, 0.3) is 108 Å². The van der Waals surface area contributed by atoms with Crippen molar-refractivity contribution in [1.29, 1.82) is 0 Å². The molecular weight excluding hydrogens is 719 g/mol. The van der Waals surface area contributed by atoms with Crippen molar-refractivity contribution in [2.45, 2.75) is 0 Å². The lowest BCUT2D eigenvalue weighted by molar-refractivity contribution is 1.08. The molecule has 0 aliphatic rings. The fraction of sp³-hybridized carbons (Fsp3) is 0. The van der Waals surface area contributed by atoms with Crippen LogP contribution in [-0.2, 0) is 0 Å². The Kier molecular flexibility index (Phi) is 7.87. The zero-order chi connectivity index (χ0) is 37.0. The molecule has 262 valence electrons. The highest BCUT2D eigenvalue weighted by molar-refractivity contribution is 7.26. The van der Waals surface area contributed by atoms with Gasteiger partial charge >= 0.3 is 0 Å². The molecule has 0 unspecified atom stereocenters. The first-order chi connectivity index (χ1) is 27.7. The van der Waals surface area contributed by atoms with Crippen LogP contribution in [0.15, 0.2) is 188 Å². The molecule has 0 saturated carbocycles. The Morgan fingerprint density at radius 3 is 1.38 bits per heavy atom. The zero-order valence-electron chi connectivity index (χ0n) is 30.1. The van der Waals surface area contributed by atoms with E-state index in [1.54, 1.807) is 11.3 Å². The molecule has 3 aromatic heterocycles. The molecule has 0 N–H and O–H groups in total. The van der Waals surface area contributed by atoms with Gasteiger partial charge in [0, 0.05) is 57.0 Å². The Balaban J connectivity index is 1.01. The summed E-state index contributed by atoms with van der Waals surface area (Å²) in [6.45, 7) is 0. The summed E-state index contributed by atoms with van der Waals surface area (Å²) in [5.74, 6) is 1.96. The van der Waals surface area contributed by atoms with E-state index in [2.05, 4.69) is 170 Å². The molecule has 0 bridgehead atoms. The summed E-state index contributed by atoms with van der Waals surface area (Å²) in [5.41, 5.74) is 10.0. The molecule has 3 nitrogen and oxygen atoms in total. The van der Waals surface area contributed by atoms with Crippen LogP contribution in [0.5, 0.6) is 0 Å². The number of benzene rings is 8. The van der Waals surface area contributed by atoms with Gasteiger partial charge in [0.2, 0.25) is 0 Å². The molecule has 0 aliphatic carbocycles. The molecule has 0 radical (unpaired) electrons. The van der Waals surface area contributed by atoms with Crippen LogP contribution in [-0.4, -0.2) is 15.0 Å². The fourth-order valence-corrected chi connectivity index (χ4v) is 9.94. The van der Waals surface area contributed by atoms with E-state index >= 15 is 0 Å². The Morgan fingerprint density at radius 1 is 0.268 bits per heavy atom. The van der Waals surface area contributed by atoms with Crippen molar-refractivity contribution in [3.63, 3.8) is 0 Å². The number of aromatic nitrogens is 3. The highest BCUT2D eigenvalue weighted by Crippen LogP contribution is 2.42. The highest BCUT2D eigenvalue weighted by Gasteiger charge is 2.18. The first-order valence-corrected chi connectivity index (χ1v) is 20.3. The summed E-state index contributed by atoms with van der Waals surface area (Å²) in [7, 11) is 0. The summed E-state index contributed by atoms with van der Waals surface area (Å²) in [4.78, 5) is 15.4. The van der Waals surface area contributed by atoms with E-state index in [4.69, 9.17) is 15.0 Å². The quantitative estimate of drug-likeness (QED) is 0.170. The molecular formula is C51H31N3S2. The fourth-order valence-electron chi connectivity index (χ4n) is 7.74. The van der Waals surface area contributed by atoms with Crippen LogP contribution in [0.2, 0.25) is 0 Å². The van der Waals surface area contributed by atoms with Crippen LogP contribution in [0.3, 0.4) is 0 Å². The Hall–Kier alpha value is -6.79. The van der Waals surface area contributed by atoms with Gasteiger partial charge < -0.3 is 0 Å². The normalized spacial score (nSPS) is 11.6. The number of fused-ring (bicyclic) bond motifs is 6. The third-order valence-corrected chi connectivity index (χ3v) is 12.9. The van der Waals surface area contributed by atoms with Gasteiger partial charge in [-0.15, -0.1) is 22.7 Å². The number of thiophene rings is 2. The molecule has 0 atom stereocenters. The van der Waals surface area contributed by atoms with Gasteiger partial charge in [-0.1, -0.05) is 152 Å². The Morgan fingerprint density at radius 2 is 0.696 bits per heavy atom. The summed E-state index contributed by atoms with van der Waals surface area (Å²) < 4.78 is 5.06. The van der Waals surface area contributed by atoms with E-state index < -0.39 is 0 Å². The van der Waals surface area contributed by atoms with Crippen molar-refractivity contribution in [1.82, 2.24) is 15.0 Å². The minimum Gasteiger partial charge on any atom is -0.208 e. The van der Waals surface area contributed by atoms with Crippen molar-refractivity contribution in [3.05, 3.63) is 188 Å². The predicted molar refractivity (Wildman–Crippen MR) is 238 cm³/mol. The summed E-state index contributed by atoms with van der Waals surface area (Å²) in [6, 6.07) is 66.9. The average Bonchev–Trinajstić information content (AvgIpc) is 3.85. The van der Waals surface area contributed by atoms with E-state index in [1.165, 1.54) is 62.8 Å². The number of hydrogen-bond donors (Lipinski definition) is 0. The smallest absolute Gasteiger partial charge is 0.164 e. The van der Waals surface area contributed by atoms with E-state index in [9.17, 15) is 0 Å². The maximum absolute atomic E-state index is 5.21. The maximum Gasteiger partial charge on any atom is 0.164 e. The monoisotopic (exact) mass is 749 g/mol. The van der Waals surface area contributed by atoms with Gasteiger partial charge in [-0.3, -0.25) is 0 Å². The molecule has 11 rings (SSSR count). The van der Waals surface area contributed by atoms with Crippen LogP contribution in [0.4, 0.5) is 0 Å². The molecule has 0 amide bonds. The lowest BCUT2D eigenvalue weighted by atomic mass is 9.98. The molecule has 0 spiro atoms. The summed E-state index contributed by atoms with van der Waals surface area (Å²) in [5, 5.41) is 4.97. The van der Waals surface area contributed by atoms with E-state index in [0.717, 1.165) is 27.6 Å². The molecule has 5 heteroatoms. The van der Waals surface area contributed by atoms with Gasteiger partial charge in [-0.2, -0.15) is 0 Å². The largest absolute Gasteiger partial charge is 0.208 e. The Bertz CT molecular complexity index is 3220. The van der Waals surface area contributed by atoms with Crippen molar-refractivity contribution < 1.29 is 0 Å². The third-order valence-electron chi connectivity index (χ3n) is 10.6. The molecule has 8 aromatic carbocycles. The predicted octanol–water partition coefficient (Wildman–Crippen LogP) is 14.6. The lowest BCUT2D eigenvalue weighted by Gasteiger charge is -2.10. The minimum atomic E-state index is 0.649.